The van der Waals surface area contributed by atoms with Crippen molar-refractivity contribution < 1.29 is 14.5 Å². The van der Waals surface area contributed by atoms with Crippen LogP contribution in [0.3, 0.4) is 0 Å². The van der Waals surface area contributed by atoms with Gasteiger partial charge < -0.3 is 10.1 Å². The third kappa shape index (κ3) is 3.09. The highest BCUT2D eigenvalue weighted by molar-refractivity contribution is 6.30. The molecule has 1 heterocycles. The lowest BCUT2D eigenvalue weighted by Crippen LogP contribution is -2.21. The van der Waals surface area contributed by atoms with Gasteiger partial charge in [-0.3, -0.25) is 14.9 Å². The Bertz CT molecular complexity index is 877. The van der Waals surface area contributed by atoms with Crippen molar-refractivity contribution in [1.29, 1.82) is 0 Å². The predicted octanol–water partition coefficient (Wildman–Crippen LogP) is 3.97. The Hall–Kier alpha value is -2.86. The molecule has 122 valence electrons. The molecule has 1 amide bonds. The molecule has 0 fully saturated rings. The minimum atomic E-state index is -0.480. The number of halogens is 1. The third-order valence-corrected chi connectivity index (χ3v) is 3.96. The van der Waals surface area contributed by atoms with E-state index in [-0.39, 0.29) is 18.2 Å². The maximum Gasteiger partial charge on any atom is 0.274 e. The Labute approximate surface area is 142 Å². The number of anilines is 1. The standard InChI is InChI=1S/C17H13ClN2O4/c1-10-14(3-2-4-15(10)20(22)23)19-17(21)12-7-11-8-13(18)5-6-16(11)24-9-12/h2-8H,9H2,1H3,(H,19,21). The third-order valence-electron chi connectivity index (χ3n) is 3.73. The zero-order chi connectivity index (χ0) is 17.3. The van der Waals surface area contributed by atoms with Gasteiger partial charge in [-0.15, -0.1) is 0 Å². The summed E-state index contributed by atoms with van der Waals surface area (Å²) < 4.78 is 5.55. The molecule has 7 heteroatoms. The Morgan fingerprint density at radius 3 is 2.88 bits per heavy atom. The van der Waals surface area contributed by atoms with Crippen molar-refractivity contribution in [3.8, 4) is 5.75 Å². The number of hydrogen-bond acceptors (Lipinski definition) is 4. The van der Waals surface area contributed by atoms with Crippen LogP contribution in [0.4, 0.5) is 11.4 Å². The van der Waals surface area contributed by atoms with Gasteiger partial charge in [0.15, 0.2) is 0 Å². The van der Waals surface area contributed by atoms with Gasteiger partial charge in [0.25, 0.3) is 11.6 Å². The zero-order valence-electron chi connectivity index (χ0n) is 12.7. The minimum Gasteiger partial charge on any atom is -0.488 e. The van der Waals surface area contributed by atoms with Crippen molar-refractivity contribution in [2.24, 2.45) is 0 Å². The number of nitro groups is 1. The summed E-state index contributed by atoms with van der Waals surface area (Å²) in [6.07, 6.45) is 1.70. The first kappa shape index (κ1) is 16.0. The molecule has 0 spiro atoms. The average molecular weight is 345 g/mol. The number of benzene rings is 2. The van der Waals surface area contributed by atoms with Crippen molar-refractivity contribution in [2.75, 3.05) is 11.9 Å². The molecule has 0 atom stereocenters. The van der Waals surface area contributed by atoms with E-state index in [4.69, 9.17) is 16.3 Å². The van der Waals surface area contributed by atoms with Crippen LogP contribution in [0.5, 0.6) is 5.75 Å². The smallest absolute Gasteiger partial charge is 0.274 e. The van der Waals surface area contributed by atoms with E-state index in [1.165, 1.54) is 12.1 Å². The number of amides is 1. The molecule has 24 heavy (non-hydrogen) atoms. The van der Waals surface area contributed by atoms with Gasteiger partial charge in [-0.25, -0.2) is 0 Å². The quantitative estimate of drug-likeness (QED) is 0.674. The lowest BCUT2D eigenvalue weighted by molar-refractivity contribution is -0.385. The molecule has 6 nitrogen and oxygen atoms in total. The summed E-state index contributed by atoms with van der Waals surface area (Å²) in [6, 6.07) is 9.71. The largest absolute Gasteiger partial charge is 0.488 e. The molecule has 2 aromatic rings. The lowest BCUT2D eigenvalue weighted by Gasteiger charge is -2.18. The average Bonchev–Trinajstić information content (AvgIpc) is 2.55. The molecule has 0 bridgehead atoms. The van der Waals surface area contributed by atoms with Crippen molar-refractivity contribution in [3.05, 3.63) is 68.2 Å². The molecule has 0 aromatic heterocycles. The van der Waals surface area contributed by atoms with E-state index >= 15 is 0 Å². The summed E-state index contributed by atoms with van der Waals surface area (Å²) in [6.45, 7) is 1.71. The van der Waals surface area contributed by atoms with E-state index in [1.807, 2.05) is 0 Å². The Balaban J connectivity index is 1.86. The Morgan fingerprint density at radius 2 is 2.12 bits per heavy atom. The van der Waals surface area contributed by atoms with Crippen LogP contribution >= 0.6 is 11.6 Å². The number of carbonyl (C=O) groups is 1. The molecule has 3 rings (SSSR count). The highest BCUT2D eigenvalue weighted by Crippen LogP contribution is 2.30. The second kappa shape index (κ2) is 6.33. The molecular formula is C17H13ClN2O4. The molecule has 1 N–H and O–H groups in total. The van der Waals surface area contributed by atoms with Crippen LogP contribution < -0.4 is 10.1 Å². The normalized spacial score (nSPS) is 12.7. The fraction of sp³-hybridized carbons (Fsp3) is 0.118. The van der Waals surface area contributed by atoms with Crippen LogP contribution in [0.25, 0.3) is 6.08 Å². The van der Waals surface area contributed by atoms with Gasteiger partial charge in [0.2, 0.25) is 0 Å². The number of fused-ring (bicyclic) bond motifs is 1. The summed E-state index contributed by atoms with van der Waals surface area (Å²) >= 11 is 5.95. The fourth-order valence-electron chi connectivity index (χ4n) is 2.44. The van der Waals surface area contributed by atoms with E-state index in [1.54, 1.807) is 37.3 Å². The molecule has 0 aliphatic carbocycles. The molecule has 0 radical (unpaired) electrons. The summed E-state index contributed by atoms with van der Waals surface area (Å²) in [5.74, 6) is 0.284. The molecule has 1 aliphatic heterocycles. The van der Waals surface area contributed by atoms with Crippen LogP contribution in [0, 0.1) is 17.0 Å². The Morgan fingerprint density at radius 1 is 1.33 bits per heavy atom. The van der Waals surface area contributed by atoms with E-state index in [9.17, 15) is 14.9 Å². The maximum absolute atomic E-state index is 12.4. The lowest BCUT2D eigenvalue weighted by atomic mass is 10.1. The maximum atomic E-state index is 12.4. The van der Waals surface area contributed by atoms with Crippen LogP contribution in [0.1, 0.15) is 11.1 Å². The van der Waals surface area contributed by atoms with Gasteiger partial charge in [0.1, 0.15) is 12.4 Å². The number of nitrogens with one attached hydrogen (secondary N) is 1. The number of nitro benzene ring substituents is 1. The Kier molecular flexibility index (Phi) is 4.22. The highest BCUT2D eigenvalue weighted by atomic mass is 35.5. The van der Waals surface area contributed by atoms with Gasteiger partial charge >= 0.3 is 0 Å². The second-order valence-electron chi connectivity index (χ2n) is 5.30. The summed E-state index contributed by atoms with van der Waals surface area (Å²) in [5.41, 5.74) is 1.88. The van der Waals surface area contributed by atoms with Crippen molar-refractivity contribution >= 4 is 35.0 Å². The van der Waals surface area contributed by atoms with Gasteiger partial charge in [-0.05, 0) is 37.3 Å². The first-order chi connectivity index (χ1) is 11.5. The first-order valence-corrected chi connectivity index (χ1v) is 7.52. The van der Waals surface area contributed by atoms with E-state index < -0.39 is 4.92 Å². The zero-order valence-corrected chi connectivity index (χ0v) is 13.5. The van der Waals surface area contributed by atoms with Gasteiger partial charge in [0, 0.05) is 16.7 Å². The molecule has 0 saturated carbocycles. The molecule has 2 aromatic carbocycles. The van der Waals surface area contributed by atoms with Crippen molar-refractivity contribution in [2.45, 2.75) is 6.92 Å². The summed E-state index contributed by atoms with van der Waals surface area (Å²) in [7, 11) is 0. The SMILES string of the molecule is Cc1c(NC(=O)C2=Cc3cc(Cl)ccc3OC2)cccc1[N+](=O)[O-]. The molecule has 0 unspecified atom stereocenters. The van der Waals surface area contributed by atoms with Crippen LogP contribution in [0.15, 0.2) is 42.0 Å². The van der Waals surface area contributed by atoms with Gasteiger partial charge in [0.05, 0.1) is 21.7 Å². The van der Waals surface area contributed by atoms with E-state index in [0.717, 1.165) is 5.56 Å². The monoisotopic (exact) mass is 344 g/mol. The number of carbonyl (C=O) groups excluding carboxylic acids is 1. The fourth-order valence-corrected chi connectivity index (χ4v) is 2.62. The second-order valence-corrected chi connectivity index (χ2v) is 5.74. The van der Waals surface area contributed by atoms with Crippen LogP contribution in [0.2, 0.25) is 5.02 Å². The highest BCUT2D eigenvalue weighted by Gasteiger charge is 2.20. The van der Waals surface area contributed by atoms with Gasteiger partial charge in [-0.2, -0.15) is 0 Å². The summed E-state index contributed by atoms with van der Waals surface area (Å²) in [4.78, 5) is 22.9. The topological polar surface area (TPSA) is 81.5 Å². The van der Waals surface area contributed by atoms with E-state index in [0.29, 0.717) is 27.6 Å². The van der Waals surface area contributed by atoms with Crippen molar-refractivity contribution in [3.63, 3.8) is 0 Å². The molecule has 1 aliphatic rings. The minimum absolute atomic E-state index is 0.0428. The number of nitrogens with zero attached hydrogens (tertiary/aromatic N) is 1. The number of hydrogen-bond donors (Lipinski definition) is 1. The molecular weight excluding hydrogens is 332 g/mol. The van der Waals surface area contributed by atoms with Crippen molar-refractivity contribution in [1.82, 2.24) is 0 Å². The first-order valence-electron chi connectivity index (χ1n) is 7.14. The summed E-state index contributed by atoms with van der Waals surface area (Å²) in [5, 5.41) is 14.2. The molecule has 0 saturated heterocycles. The van der Waals surface area contributed by atoms with E-state index in [2.05, 4.69) is 5.32 Å². The van der Waals surface area contributed by atoms with Crippen LogP contribution in [-0.4, -0.2) is 17.4 Å². The number of rotatable bonds is 3. The van der Waals surface area contributed by atoms with Gasteiger partial charge in [-0.1, -0.05) is 17.7 Å². The van der Waals surface area contributed by atoms with Crippen LogP contribution in [-0.2, 0) is 4.79 Å². The predicted molar refractivity (Wildman–Crippen MR) is 91.4 cm³/mol. The number of ether oxygens (including phenoxy) is 1.